The highest BCUT2D eigenvalue weighted by Gasteiger charge is 2.15. The molecule has 0 fully saturated rings. The summed E-state index contributed by atoms with van der Waals surface area (Å²) in [6.45, 7) is 1.88. The van der Waals surface area contributed by atoms with Crippen LogP contribution in [0.2, 0.25) is 0 Å². The van der Waals surface area contributed by atoms with Gasteiger partial charge in [0.1, 0.15) is 0 Å². The van der Waals surface area contributed by atoms with Crippen molar-refractivity contribution in [2.45, 2.75) is 6.92 Å². The Bertz CT molecular complexity index is 721. The van der Waals surface area contributed by atoms with Crippen molar-refractivity contribution in [2.75, 3.05) is 6.61 Å². The zero-order chi connectivity index (χ0) is 14.7. The van der Waals surface area contributed by atoms with Crippen molar-refractivity contribution >= 4 is 23.0 Å². The first kappa shape index (κ1) is 13.9. The first-order valence-corrected chi connectivity index (χ1v) is 6.41. The number of ether oxygens (including phenoxy) is 1. The van der Waals surface area contributed by atoms with Crippen molar-refractivity contribution in [3.8, 4) is 5.69 Å². The van der Waals surface area contributed by atoms with Crippen molar-refractivity contribution < 1.29 is 14.5 Å². The monoisotopic (exact) mass is 294 g/mol. The molecule has 0 atom stereocenters. The maximum atomic E-state index is 11.5. The fourth-order valence-corrected chi connectivity index (χ4v) is 2.16. The van der Waals surface area contributed by atoms with Crippen LogP contribution in [0.5, 0.6) is 0 Å². The van der Waals surface area contributed by atoms with Crippen LogP contribution in [0.1, 0.15) is 16.7 Å². The summed E-state index contributed by atoms with van der Waals surface area (Å²) >= 11 is 0.846. The number of non-ortho nitro benzene ring substituents is 1. The third kappa shape index (κ3) is 2.72. The van der Waals surface area contributed by atoms with Crippen LogP contribution in [-0.4, -0.2) is 27.3 Å². The van der Waals surface area contributed by atoms with E-state index in [1.807, 2.05) is 0 Å². The number of nitro benzene ring substituents is 1. The van der Waals surface area contributed by atoms with Gasteiger partial charge in [0.15, 0.2) is 0 Å². The molecule has 2 rings (SSSR count). The van der Waals surface area contributed by atoms with E-state index in [1.165, 1.54) is 18.2 Å². The van der Waals surface area contributed by atoms with E-state index >= 15 is 0 Å². The van der Waals surface area contributed by atoms with E-state index < -0.39 is 10.9 Å². The molecule has 20 heavy (non-hydrogen) atoms. The molecule has 0 amide bonds. The largest absolute Gasteiger partial charge is 0.461 e. The lowest BCUT2D eigenvalue weighted by molar-refractivity contribution is -0.384. The topological polar surface area (TPSA) is 111 Å². The summed E-state index contributed by atoms with van der Waals surface area (Å²) in [5.41, 5.74) is 0.232. The number of nitrogens with zero attached hydrogens (tertiary/aromatic N) is 3. The molecule has 0 radical (unpaired) electrons. The average molecular weight is 294 g/mol. The Morgan fingerprint density at radius 2 is 2.35 bits per heavy atom. The molecule has 1 heterocycles. The quantitative estimate of drug-likeness (QED) is 0.521. The molecule has 9 heteroatoms. The van der Waals surface area contributed by atoms with Gasteiger partial charge in [-0.3, -0.25) is 15.5 Å². The van der Waals surface area contributed by atoms with Crippen LogP contribution in [0.3, 0.4) is 0 Å². The van der Waals surface area contributed by atoms with E-state index in [0.717, 1.165) is 16.0 Å². The van der Waals surface area contributed by atoms with Crippen LogP contribution < -0.4 is 4.80 Å². The Balaban J connectivity index is 2.43. The molecule has 0 aliphatic carbocycles. The predicted octanol–water partition coefficient (Wildman–Crippen LogP) is 1.50. The number of esters is 1. The lowest BCUT2D eigenvalue weighted by Crippen LogP contribution is -2.13. The van der Waals surface area contributed by atoms with Crippen molar-refractivity contribution in [1.29, 1.82) is 5.41 Å². The van der Waals surface area contributed by atoms with Crippen molar-refractivity contribution in [2.24, 2.45) is 0 Å². The first-order chi connectivity index (χ1) is 9.52. The number of carbonyl (C=O) groups is 1. The van der Waals surface area contributed by atoms with Gasteiger partial charge in [-0.2, -0.15) is 0 Å². The average Bonchev–Trinajstić information content (AvgIpc) is 2.81. The minimum atomic E-state index is -0.616. The number of nitrogens with one attached hydrogen (secondary N) is 1. The van der Waals surface area contributed by atoms with Crippen LogP contribution in [0.15, 0.2) is 24.3 Å². The van der Waals surface area contributed by atoms with Crippen LogP contribution in [0, 0.1) is 15.5 Å². The molecule has 1 aromatic heterocycles. The van der Waals surface area contributed by atoms with Gasteiger partial charge in [0.25, 0.3) is 5.69 Å². The molecule has 0 bridgehead atoms. The summed E-state index contributed by atoms with van der Waals surface area (Å²) in [5, 5.41) is 22.5. The van der Waals surface area contributed by atoms with Crippen LogP contribution >= 0.6 is 11.3 Å². The van der Waals surface area contributed by atoms with Crippen LogP contribution in [0.25, 0.3) is 5.69 Å². The van der Waals surface area contributed by atoms with Gasteiger partial charge in [-0.05, 0) is 13.0 Å². The third-order valence-corrected chi connectivity index (χ3v) is 3.12. The maximum Gasteiger partial charge on any atom is 0.369 e. The van der Waals surface area contributed by atoms with Crippen LogP contribution in [0.4, 0.5) is 5.69 Å². The van der Waals surface area contributed by atoms with E-state index in [9.17, 15) is 14.9 Å². The molecule has 0 aliphatic heterocycles. The number of hydrogen-bond donors (Lipinski definition) is 1. The summed E-state index contributed by atoms with van der Waals surface area (Å²) < 4.78 is 5.95. The van der Waals surface area contributed by atoms with Crippen molar-refractivity contribution in [3.63, 3.8) is 0 Å². The van der Waals surface area contributed by atoms with Crippen LogP contribution in [-0.2, 0) is 4.74 Å². The summed E-state index contributed by atoms with van der Waals surface area (Å²) in [5.74, 6) is -0.616. The van der Waals surface area contributed by atoms with Crippen molar-refractivity contribution in [3.05, 3.63) is 44.2 Å². The van der Waals surface area contributed by atoms with Gasteiger partial charge in [-0.15, -0.1) is 5.10 Å². The molecule has 2 aromatic rings. The standard InChI is InChI=1S/C11H10N4O4S/c1-2-19-10(16)9-13-14(11(12)20-9)7-4-3-5-8(6-7)15(17)18/h3-6,12H,2H2,1H3. The summed E-state index contributed by atoms with van der Waals surface area (Å²) in [4.78, 5) is 21.7. The summed E-state index contributed by atoms with van der Waals surface area (Å²) in [7, 11) is 0. The fourth-order valence-electron chi connectivity index (χ4n) is 1.48. The number of nitro groups is 1. The van der Waals surface area contributed by atoms with E-state index in [2.05, 4.69) is 5.10 Å². The Hall–Kier alpha value is -2.55. The third-order valence-electron chi connectivity index (χ3n) is 2.31. The highest BCUT2D eigenvalue weighted by atomic mass is 32.1. The Kier molecular flexibility index (Phi) is 3.89. The second-order valence-electron chi connectivity index (χ2n) is 3.62. The minimum Gasteiger partial charge on any atom is -0.461 e. The normalized spacial score (nSPS) is 10.2. The van der Waals surface area contributed by atoms with E-state index in [0.29, 0.717) is 5.69 Å². The van der Waals surface area contributed by atoms with Crippen molar-refractivity contribution in [1.82, 2.24) is 9.78 Å². The van der Waals surface area contributed by atoms with Gasteiger partial charge < -0.3 is 4.74 Å². The highest BCUT2D eigenvalue weighted by Crippen LogP contribution is 2.16. The molecular weight excluding hydrogens is 284 g/mol. The maximum absolute atomic E-state index is 11.5. The Morgan fingerprint density at radius 3 is 3.00 bits per heavy atom. The molecule has 8 nitrogen and oxygen atoms in total. The molecule has 1 N–H and O–H groups in total. The van der Waals surface area contributed by atoms with Gasteiger partial charge in [-0.25, -0.2) is 9.48 Å². The fraction of sp³-hybridized carbons (Fsp3) is 0.182. The summed E-state index contributed by atoms with van der Waals surface area (Å²) in [6.07, 6.45) is 0. The summed E-state index contributed by atoms with van der Waals surface area (Å²) in [6, 6.07) is 5.68. The molecule has 0 unspecified atom stereocenters. The minimum absolute atomic E-state index is 0.0199. The lowest BCUT2D eigenvalue weighted by Gasteiger charge is -2.00. The Morgan fingerprint density at radius 1 is 1.60 bits per heavy atom. The van der Waals surface area contributed by atoms with Gasteiger partial charge in [0.05, 0.1) is 17.2 Å². The second kappa shape index (κ2) is 5.61. The van der Waals surface area contributed by atoms with Gasteiger partial charge in [0, 0.05) is 12.1 Å². The smallest absolute Gasteiger partial charge is 0.369 e. The molecule has 1 aromatic carbocycles. The molecule has 0 saturated heterocycles. The number of benzene rings is 1. The second-order valence-corrected chi connectivity index (χ2v) is 4.60. The SMILES string of the molecule is CCOC(=O)c1nn(-c2cccc([N+](=O)[O-])c2)c(=N)s1. The molecule has 0 spiro atoms. The number of rotatable bonds is 4. The zero-order valence-electron chi connectivity index (χ0n) is 10.4. The van der Waals surface area contributed by atoms with Gasteiger partial charge >= 0.3 is 5.97 Å². The van der Waals surface area contributed by atoms with E-state index in [-0.39, 0.29) is 22.1 Å². The lowest BCUT2D eigenvalue weighted by atomic mass is 10.3. The molecule has 0 saturated carbocycles. The molecule has 104 valence electrons. The molecular formula is C11H10N4O4S. The highest BCUT2D eigenvalue weighted by molar-refractivity contribution is 7.10. The van der Waals surface area contributed by atoms with E-state index in [4.69, 9.17) is 10.1 Å². The number of hydrogen-bond acceptors (Lipinski definition) is 7. The van der Waals surface area contributed by atoms with Gasteiger partial charge in [-0.1, -0.05) is 17.4 Å². The zero-order valence-corrected chi connectivity index (χ0v) is 11.2. The van der Waals surface area contributed by atoms with E-state index in [1.54, 1.807) is 13.0 Å². The first-order valence-electron chi connectivity index (χ1n) is 5.59. The number of carbonyl (C=O) groups excluding carboxylic acids is 1. The molecule has 0 aliphatic rings. The Labute approximate surface area is 116 Å². The number of aromatic nitrogens is 2. The predicted molar refractivity (Wildman–Crippen MR) is 69.9 cm³/mol. The van der Waals surface area contributed by atoms with Gasteiger partial charge in [0.2, 0.25) is 9.81 Å².